The van der Waals surface area contributed by atoms with Gasteiger partial charge in [0.1, 0.15) is 11.1 Å². The molecular weight excluding hydrogens is 579 g/mol. The summed E-state index contributed by atoms with van der Waals surface area (Å²) in [7, 11) is -4.18. The molecule has 2 N–H and O–H groups in total. The minimum absolute atomic E-state index is 0.00721. The molecule has 2 aromatic heterocycles. The van der Waals surface area contributed by atoms with Gasteiger partial charge in [0, 0.05) is 35.3 Å². The van der Waals surface area contributed by atoms with Gasteiger partial charge in [-0.05, 0) is 80.5 Å². The second-order valence-electron chi connectivity index (χ2n) is 10.0. The Hall–Kier alpha value is -3.40. The zero-order valence-corrected chi connectivity index (χ0v) is 25.1. The van der Waals surface area contributed by atoms with Crippen molar-refractivity contribution in [1.29, 1.82) is 5.26 Å². The van der Waals surface area contributed by atoms with Gasteiger partial charge in [-0.2, -0.15) is 5.26 Å². The molecule has 0 saturated heterocycles. The lowest BCUT2D eigenvalue weighted by molar-refractivity contribution is 0.0951. The maximum atomic E-state index is 13.0. The summed E-state index contributed by atoms with van der Waals surface area (Å²) in [5.74, 6) is -0.362. The molecule has 9 nitrogen and oxygen atoms in total. The zero-order valence-electron chi connectivity index (χ0n) is 22.6. The van der Waals surface area contributed by atoms with Crippen molar-refractivity contribution >= 4 is 45.4 Å². The Labute approximate surface area is 248 Å². The van der Waals surface area contributed by atoms with Crippen LogP contribution in [0.1, 0.15) is 80.7 Å². The van der Waals surface area contributed by atoms with Crippen LogP contribution >= 0.6 is 23.5 Å². The largest absolute Gasteiger partial charge is 0.352 e. The van der Waals surface area contributed by atoms with E-state index in [2.05, 4.69) is 20.0 Å². The normalized spacial score (nSPS) is 14.8. The maximum Gasteiger partial charge on any atom is 0.266 e. The van der Waals surface area contributed by atoms with E-state index in [4.69, 9.17) is 0 Å². The van der Waals surface area contributed by atoms with Gasteiger partial charge in [-0.1, -0.05) is 12.1 Å². The molecular formula is C29H29N5O4S3. The van der Waals surface area contributed by atoms with Crippen LogP contribution in [-0.4, -0.2) is 49.3 Å². The van der Waals surface area contributed by atoms with E-state index in [9.17, 15) is 23.3 Å². The third-order valence-corrected chi connectivity index (χ3v) is 9.66. The van der Waals surface area contributed by atoms with Gasteiger partial charge in [0.15, 0.2) is 0 Å². The molecule has 2 amide bonds. The molecule has 0 radical (unpaired) electrons. The number of rotatable bonds is 11. The van der Waals surface area contributed by atoms with E-state index in [1.54, 1.807) is 24.5 Å². The molecule has 41 heavy (non-hydrogen) atoms. The highest BCUT2D eigenvalue weighted by Crippen LogP contribution is 2.41. The number of hydrogen-bond donors (Lipinski definition) is 2. The molecule has 212 valence electrons. The highest BCUT2D eigenvalue weighted by Gasteiger charge is 2.30. The Bertz CT molecular complexity index is 1640. The number of amides is 2. The van der Waals surface area contributed by atoms with Gasteiger partial charge in [-0.3, -0.25) is 9.59 Å². The lowest BCUT2D eigenvalue weighted by Gasteiger charge is -2.12. The van der Waals surface area contributed by atoms with E-state index >= 15 is 0 Å². The van der Waals surface area contributed by atoms with Crippen LogP contribution in [0.25, 0.3) is 0 Å². The SMILES string of the molecule is CSc1cc(C(=O)NCCc2ccc(S(=O)(=O)NC(=O)c3cc(C4CC4)nc(SC)c3C#N)cc2)cc(C2CC2)n1. The fourth-order valence-corrected chi connectivity index (χ4v) is 6.37. The van der Waals surface area contributed by atoms with Crippen molar-refractivity contribution in [3.05, 3.63) is 76.1 Å². The molecule has 0 bridgehead atoms. The average Bonchev–Trinajstić information content (AvgIpc) is 3.89. The van der Waals surface area contributed by atoms with Gasteiger partial charge in [0.05, 0.1) is 21.0 Å². The van der Waals surface area contributed by atoms with Gasteiger partial charge in [0.2, 0.25) is 0 Å². The summed E-state index contributed by atoms with van der Waals surface area (Å²) in [6.45, 7) is 0.372. The molecule has 0 aliphatic heterocycles. The standard InChI is InChI=1S/C29H29N5O4S3/c1-39-26-14-20(13-24(32-26)18-5-6-18)27(35)31-12-11-17-3-9-21(10-4-17)41(37,38)34-28(36)22-15-25(19-7-8-19)33-29(40-2)23(22)16-30/h3-4,9-10,13-15,18-19H,5-8,11-12H2,1-2H3,(H,31,35)(H,34,36). The lowest BCUT2D eigenvalue weighted by atomic mass is 10.1. The first-order chi connectivity index (χ1) is 19.7. The van der Waals surface area contributed by atoms with Gasteiger partial charge < -0.3 is 5.32 Å². The summed E-state index contributed by atoms with van der Waals surface area (Å²) >= 11 is 2.76. The fraction of sp³-hybridized carbons (Fsp3) is 0.345. The number of benzene rings is 1. The van der Waals surface area contributed by atoms with E-state index < -0.39 is 15.9 Å². The third-order valence-electron chi connectivity index (χ3n) is 7.00. The first-order valence-corrected chi connectivity index (χ1v) is 17.1. The number of carbonyl (C=O) groups excluding carboxylic acids is 2. The van der Waals surface area contributed by atoms with Gasteiger partial charge in [-0.25, -0.2) is 23.1 Å². The number of nitrogens with one attached hydrogen (secondary N) is 2. The quantitative estimate of drug-likeness (QED) is 0.298. The topological polar surface area (TPSA) is 142 Å². The second-order valence-corrected chi connectivity index (χ2v) is 13.4. The van der Waals surface area contributed by atoms with Crippen LogP contribution in [0.15, 0.2) is 57.4 Å². The molecule has 0 spiro atoms. The zero-order chi connectivity index (χ0) is 29.1. The minimum Gasteiger partial charge on any atom is -0.352 e. The average molecular weight is 608 g/mol. The Kier molecular flexibility index (Phi) is 8.68. The van der Waals surface area contributed by atoms with Crippen molar-refractivity contribution in [2.45, 2.75) is 58.9 Å². The summed E-state index contributed by atoms with van der Waals surface area (Å²) in [4.78, 5) is 34.8. The van der Waals surface area contributed by atoms with Crippen LogP contribution < -0.4 is 10.0 Å². The number of sulfonamides is 1. The number of carbonyl (C=O) groups is 2. The Morgan fingerprint density at radius 2 is 1.61 bits per heavy atom. The second kappa shape index (κ2) is 12.2. The molecule has 2 aliphatic rings. The number of pyridine rings is 2. The molecule has 2 aliphatic carbocycles. The Morgan fingerprint density at radius 1 is 0.951 bits per heavy atom. The molecule has 0 unspecified atom stereocenters. The number of nitriles is 1. The van der Waals surface area contributed by atoms with Crippen molar-refractivity contribution in [1.82, 2.24) is 20.0 Å². The molecule has 12 heteroatoms. The van der Waals surface area contributed by atoms with Crippen LogP contribution in [0.3, 0.4) is 0 Å². The Morgan fingerprint density at radius 3 is 2.20 bits per heavy atom. The van der Waals surface area contributed by atoms with E-state index in [1.165, 1.54) is 41.7 Å². The number of nitrogens with zero attached hydrogens (tertiary/aromatic N) is 3. The van der Waals surface area contributed by atoms with E-state index in [1.807, 2.05) is 18.4 Å². The van der Waals surface area contributed by atoms with Crippen LogP contribution in [0, 0.1) is 11.3 Å². The monoisotopic (exact) mass is 607 g/mol. The minimum atomic E-state index is -4.18. The lowest BCUT2D eigenvalue weighted by Crippen LogP contribution is -2.31. The summed E-state index contributed by atoms with van der Waals surface area (Å²) in [5.41, 5.74) is 3.15. The first-order valence-electron chi connectivity index (χ1n) is 13.2. The summed E-state index contributed by atoms with van der Waals surface area (Å²) in [5, 5.41) is 13.8. The van der Waals surface area contributed by atoms with Crippen LogP contribution in [0.5, 0.6) is 0 Å². The van der Waals surface area contributed by atoms with Crippen LogP contribution in [0.2, 0.25) is 0 Å². The molecule has 2 fully saturated rings. The number of hydrogen-bond acceptors (Lipinski definition) is 9. The van der Waals surface area contributed by atoms with Crippen molar-refractivity contribution in [2.24, 2.45) is 0 Å². The predicted octanol–water partition coefficient (Wildman–Crippen LogP) is 4.64. The van der Waals surface area contributed by atoms with Gasteiger partial charge in [-0.15, -0.1) is 23.5 Å². The fourth-order valence-electron chi connectivity index (χ4n) is 4.41. The van der Waals surface area contributed by atoms with Crippen molar-refractivity contribution in [2.75, 3.05) is 19.1 Å². The van der Waals surface area contributed by atoms with Crippen LogP contribution in [-0.2, 0) is 16.4 Å². The van der Waals surface area contributed by atoms with Crippen molar-refractivity contribution in [3.8, 4) is 6.07 Å². The van der Waals surface area contributed by atoms with Gasteiger partial charge >= 0.3 is 0 Å². The van der Waals surface area contributed by atoms with E-state index in [0.717, 1.165) is 42.0 Å². The van der Waals surface area contributed by atoms with Crippen LogP contribution in [0.4, 0.5) is 0 Å². The summed E-state index contributed by atoms with van der Waals surface area (Å²) in [6, 6.07) is 13.3. The molecule has 1 aromatic carbocycles. The molecule has 5 rings (SSSR count). The van der Waals surface area contributed by atoms with E-state index in [-0.39, 0.29) is 27.8 Å². The number of aromatic nitrogens is 2. The highest BCUT2D eigenvalue weighted by atomic mass is 32.2. The Balaban J connectivity index is 1.21. The molecule has 2 saturated carbocycles. The molecule has 3 aromatic rings. The van der Waals surface area contributed by atoms with Crippen molar-refractivity contribution in [3.63, 3.8) is 0 Å². The predicted molar refractivity (Wildman–Crippen MR) is 158 cm³/mol. The molecule has 0 atom stereocenters. The van der Waals surface area contributed by atoms with Gasteiger partial charge in [0.25, 0.3) is 21.8 Å². The maximum absolute atomic E-state index is 13.0. The first kappa shape index (κ1) is 29.1. The van der Waals surface area contributed by atoms with E-state index in [0.29, 0.717) is 35.2 Å². The summed E-state index contributed by atoms with van der Waals surface area (Å²) < 4.78 is 28.1. The number of thioether (sulfide) groups is 2. The highest BCUT2D eigenvalue weighted by molar-refractivity contribution is 7.98. The molecule has 2 heterocycles. The summed E-state index contributed by atoms with van der Waals surface area (Å²) in [6.07, 6.45) is 8.30. The smallest absolute Gasteiger partial charge is 0.266 e. The third kappa shape index (κ3) is 6.92. The van der Waals surface area contributed by atoms with Crippen molar-refractivity contribution < 1.29 is 18.0 Å².